The Morgan fingerprint density at radius 2 is 1.88 bits per heavy atom. The smallest absolute Gasteiger partial charge is 0.309 e. The Morgan fingerprint density at radius 3 is 2.50 bits per heavy atom. The van der Waals surface area contributed by atoms with E-state index in [1.165, 1.54) is 34.2 Å². The maximum Gasteiger partial charge on any atom is 0.309 e. The highest BCUT2D eigenvalue weighted by molar-refractivity contribution is 5.77. The largest absolute Gasteiger partial charge is 0.481 e. The van der Waals surface area contributed by atoms with Gasteiger partial charge in [0.05, 0.1) is 12.0 Å². The number of hydrogen-bond acceptors (Lipinski definition) is 2. The van der Waals surface area contributed by atoms with Crippen LogP contribution in [-0.4, -0.2) is 29.4 Å². The second-order valence-electron chi connectivity index (χ2n) is 10.0. The Morgan fingerprint density at radius 1 is 1.22 bits per heavy atom. The number of methoxy groups -OCH3 is 1. The second-order valence-corrected chi connectivity index (χ2v) is 10.0. The lowest BCUT2D eigenvalue weighted by Gasteiger charge is -2.37. The van der Waals surface area contributed by atoms with Crippen LogP contribution in [0, 0.1) is 11.2 Å². The summed E-state index contributed by atoms with van der Waals surface area (Å²) in [6.45, 7) is 6.73. The lowest BCUT2D eigenvalue weighted by molar-refractivity contribution is -0.150. The Labute approximate surface area is 188 Å². The first kappa shape index (κ1) is 22.5. The Hall–Kier alpha value is -2.66. The molecule has 0 atom stereocenters. The van der Waals surface area contributed by atoms with Gasteiger partial charge >= 0.3 is 5.97 Å². The number of carbonyl (C=O) groups is 1. The maximum absolute atomic E-state index is 13.7. The van der Waals surface area contributed by atoms with Crippen LogP contribution in [0.5, 0.6) is 0 Å². The first-order valence-corrected chi connectivity index (χ1v) is 11.3. The molecule has 1 aromatic heterocycles. The molecule has 170 valence electrons. The summed E-state index contributed by atoms with van der Waals surface area (Å²) in [7, 11) is 1.72. The van der Waals surface area contributed by atoms with E-state index in [2.05, 4.69) is 36.6 Å². The molecule has 2 aromatic rings. The molecule has 0 unspecified atom stereocenters. The summed E-state index contributed by atoms with van der Waals surface area (Å²) in [5.41, 5.74) is 3.65. The van der Waals surface area contributed by atoms with Crippen molar-refractivity contribution < 1.29 is 19.0 Å². The zero-order chi connectivity index (χ0) is 23.1. The molecule has 0 bridgehead atoms. The molecule has 5 heteroatoms. The number of ether oxygens (including phenoxy) is 1. The zero-order valence-electron chi connectivity index (χ0n) is 19.4. The summed E-state index contributed by atoms with van der Waals surface area (Å²) in [5, 5.41) is 11.8. The van der Waals surface area contributed by atoms with Crippen LogP contribution in [0.3, 0.4) is 0 Å². The van der Waals surface area contributed by atoms with E-state index in [4.69, 9.17) is 4.74 Å². The standard InChI is InChI=1S/C27H32FNO3/c1-26(2,17-32-4)24-22(14-9-18-15-27(3,16-18)25(30)31)21-7-5-6-8-23(21)29(24)20-12-10-19(28)11-13-20/h7-13H,5-6,14-17H2,1-4H3,(H,30,31). The van der Waals surface area contributed by atoms with Crippen LogP contribution in [0.1, 0.15) is 57.7 Å². The summed E-state index contributed by atoms with van der Waals surface area (Å²) in [5.74, 6) is -0.973. The molecule has 1 saturated carbocycles. The molecule has 2 aliphatic carbocycles. The fourth-order valence-electron chi connectivity index (χ4n) is 5.23. The number of allylic oxidation sites excluding steroid dienone is 2. The second kappa shape index (κ2) is 8.36. The average molecular weight is 438 g/mol. The van der Waals surface area contributed by atoms with Crippen LogP contribution in [0.4, 0.5) is 4.39 Å². The third kappa shape index (κ3) is 3.95. The summed E-state index contributed by atoms with van der Waals surface area (Å²) in [6, 6.07) is 6.67. The third-order valence-corrected chi connectivity index (χ3v) is 6.78. The van der Waals surface area contributed by atoms with Crippen molar-refractivity contribution in [3.8, 4) is 5.69 Å². The SMILES string of the molecule is COCC(C)(C)c1c(CC=C2CC(C)(C(=O)O)C2)c2c(n1-c1ccc(F)cc1)=CCCC=2. The number of carboxylic acids is 1. The molecule has 0 amide bonds. The molecule has 4 nitrogen and oxygen atoms in total. The summed E-state index contributed by atoms with van der Waals surface area (Å²) >= 11 is 0. The van der Waals surface area contributed by atoms with Crippen molar-refractivity contribution in [2.75, 3.05) is 13.7 Å². The topological polar surface area (TPSA) is 51.5 Å². The van der Waals surface area contributed by atoms with Gasteiger partial charge in [-0.25, -0.2) is 4.39 Å². The molecule has 1 fully saturated rings. The number of carboxylic acid groups (broad SMARTS) is 1. The third-order valence-electron chi connectivity index (χ3n) is 6.78. The van der Waals surface area contributed by atoms with E-state index in [1.54, 1.807) is 7.11 Å². The van der Waals surface area contributed by atoms with Crippen LogP contribution >= 0.6 is 0 Å². The van der Waals surface area contributed by atoms with Gasteiger partial charge in [0.15, 0.2) is 0 Å². The zero-order valence-corrected chi connectivity index (χ0v) is 19.4. The molecule has 0 radical (unpaired) electrons. The molecule has 2 aliphatic rings. The molecular weight excluding hydrogens is 405 g/mol. The van der Waals surface area contributed by atoms with E-state index in [-0.39, 0.29) is 11.2 Å². The van der Waals surface area contributed by atoms with Gasteiger partial charge in [0.25, 0.3) is 0 Å². The van der Waals surface area contributed by atoms with Crippen molar-refractivity contribution in [3.63, 3.8) is 0 Å². The molecule has 0 aliphatic heterocycles. The number of hydrogen-bond donors (Lipinski definition) is 1. The number of aromatic nitrogens is 1. The van der Waals surface area contributed by atoms with Crippen LogP contribution in [0.15, 0.2) is 35.9 Å². The molecule has 4 rings (SSSR count). The Balaban J connectivity index is 1.86. The van der Waals surface area contributed by atoms with E-state index in [9.17, 15) is 14.3 Å². The van der Waals surface area contributed by atoms with Crippen molar-refractivity contribution in [1.82, 2.24) is 4.57 Å². The fourth-order valence-corrected chi connectivity index (χ4v) is 5.23. The van der Waals surface area contributed by atoms with Crippen molar-refractivity contribution in [3.05, 3.63) is 63.6 Å². The first-order chi connectivity index (χ1) is 15.2. The molecule has 0 spiro atoms. The summed E-state index contributed by atoms with van der Waals surface area (Å²) in [6.07, 6.45) is 10.7. The average Bonchev–Trinajstić information content (AvgIpc) is 3.06. The van der Waals surface area contributed by atoms with E-state index in [1.807, 2.05) is 19.1 Å². The molecule has 32 heavy (non-hydrogen) atoms. The number of halogens is 1. The van der Waals surface area contributed by atoms with Crippen molar-refractivity contribution in [1.29, 1.82) is 0 Å². The molecule has 1 aromatic carbocycles. The number of rotatable bonds is 7. The number of aliphatic carboxylic acids is 1. The van der Waals surface area contributed by atoms with Gasteiger partial charge < -0.3 is 14.4 Å². The van der Waals surface area contributed by atoms with Gasteiger partial charge in [-0.3, -0.25) is 4.79 Å². The van der Waals surface area contributed by atoms with Gasteiger partial charge in [-0.15, -0.1) is 0 Å². The maximum atomic E-state index is 13.7. The quantitative estimate of drug-likeness (QED) is 0.659. The number of nitrogens with zero attached hydrogens (tertiary/aromatic N) is 1. The van der Waals surface area contributed by atoms with Crippen LogP contribution in [0.25, 0.3) is 17.8 Å². The lowest BCUT2D eigenvalue weighted by Crippen LogP contribution is -2.36. The van der Waals surface area contributed by atoms with Gasteiger partial charge in [-0.2, -0.15) is 0 Å². The summed E-state index contributed by atoms with van der Waals surface area (Å²) in [4.78, 5) is 11.5. The molecule has 1 heterocycles. The Kier molecular flexibility index (Phi) is 5.89. The van der Waals surface area contributed by atoms with E-state index >= 15 is 0 Å². The number of benzene rings is 1. The van der Waals surface area contributed by atoms with Gasteiger partial charge in [0, 0.05) is 29.3 Å². The van der Waals surface area contributed by atoms with Crippen molar-refractivity contribution >= 4 is 18.1 Å². The summed E-state index contributed by atoms with van der Waals surface area (Å²) < 4.78 is 21.5. The van der Waals surface area contributed by atoms with E-state index in [0.29, 0.717) is 19.4 Å². The minimum Gasteiger partial charge on any atom is -0.481 e. The minimum atomic E-state index is -0.723. The normalized spacial score (nSPS) is 20.1. The lowest BCUT2D eigenvalue weighted by atomic mass is 9.66. The van der Waals surface area contributed by atoms with E-state index in [0.717, 1.165) is 30.3 Å². The molecule has 0 saturated heterocycles. The predicted octanol–water partition coefficient (Wildman–Crippen LogP) is 4.25. The van der Waals surface area contributed by atoms with Crippen molar-refractivity contribution in [2.24, 2.45) is 5.41 Å². The monoisotopic (exact) mass is 437 g/mol. The van der Waals surface area contributed by atoms with E-state index < -0.39 is 11.4 Å². The van der Waals surface area contributed by atoms with Gasteiger partial charge in [0.1, 0.15) is 5.82 Å². The minimum absolute atomic E-state index is 0.251. The van der Waals surface area contributed by atoms with Crippen molar-refractivity contribution in [2.45, 2.75) is 58.3 Å². The molecule has 1 N–H and O–H groups in total. The fraction of sp³-hybridized carbons (Fsp3) is 0.444. The van der Waals surface area contributed by atoms with Gasteiger partial charge in [-0.1, -0.05) is 37.6 Å². The van der Waals surface area contributed by atoms with Gasteiger partial charge in [0.2, 0.25) is 0 Å². The first-order valence-electron chi connectivity index (χ1n) is 11.3. The van der Waals surface area contributed by atoms with Crippen LogP contribution in [0.2, 0.25) is 0 Å². The highest BCUT2D eigenvalue weighted by atomic mass is 19.1. The van der Waals surface area contributed by atoms with Gasteiger partial charge in [-0.05, 0) is 74.1 Å². The predicted molar refractivity (Wildman–Crippen MR) is 125 cm³/mol. The Bertz CT molecular complexity index is 1180. The van der Waals surface area contributed by atoms with Crippen LogP contribution < -0.4 is 10.6 Å². The van der Waals surface area contributed by atoms with Crippen LogP contribution in [-0.2, 0) is 21.4 Å². The number of fused-ring (bicyclic) bond motifs is 1. The highest BCUT2D eigenvalue weighted by Crippen LogP contribution is 2.45. The highest BCUT2D eigenvalue weighted by Gasteiger charge is 2.42. The molecular formula is C27H32FNO3.